The summed E-state index contributed by atoms with van der Waals surface area (Å²) >= 11 is 6.02. The second kappa shape index (κ2) is 6.23. The van der Waals surface area contributed by atoms with E-state index in [9.17, 15) is 10.1 Å². The van der Waals surface area contributed by atoms with Gasteiger partial charge in [-0.25, -0.2) is 4.68 Å². The molecule has 8 heteroatoms. The third-order valence-electron chi connectivity index (χ3n) is 3.36. The zero-order valence-electron chi connectivity index (χ0n) is 12.8. The number of aryl methyl sites for hydroxylation is 2. The molecule has 0 aliphatic rings. The quantitative estimate of drug-likeness (QED) is 0.624. The minimum Gasteiger partial charge on any atom is -0.496 e. The minimum absolute atomic E-state index is 0.00555. The fourth-order valence-electron chi connectivity index (χ4n) is 2.48. The van der Waals surface area contributed by atoms with Gasteiger partial charge < -0.3 is 9.64 Å². The lowest BCUT2D eigenvalue weighted by Crippen LogP contribution is -2.20. The van der Waals surface area contributed by atoms with Crippen molar-refractivity contribution in [1.82, 2.24) is 9.78 Å². The zero-order valence-corrected chi connectivity index (χ0v) is 13.6. The first kappa shape index (κ1) is 16.1. The van der Waals surface area contributed by atoms with E-state index in [2.05, 4.69) is 5.10 Å². The van der Waals surface area contributed by atoms with E-state index in [1.165, 1.54) is 4.68 Å². The van der Waals surface area contributed by atoms with Gasteiger partial charge in [0.25, 0.3) is 0 Å². The Morgan fingerprint density at radius 1 is 1.50 bits per heavy atom. The van der Waals surface area contributed by atoms with Crippen molar-refractivity contribution >= 4 is 23.1 Å². The number of methoxy groups -OCH3 is 1. The molecule has 1 aromatic carbocycles. The molecule has 0 unspecified atom stereocenters. The van der Waals surface area contributed by atoms with Gasteiger partial charge in [-0.2, -0.15) is 5.10 Å². The third-order valence-corrected chi connectivity index (χ3v) is 3.59. The number of hydrogen-bond donors (Lipinski definition) is 0. The van der Waals surface area contributed by atoms with Crippen molar-refractivity contribution in [2.75, 3.05) is 19.1 Å². The Bertz CT molecular complexity index is 714. The minimum atomic E-state index is -0.413. The largest absolute Gasteiger partial charge is 0.496 e. The molecule has 1 aromatic heterocycles. The molecule has 0 bridgehead atoms. The summed E-state index contributed by atoms with van der Waals surface area (Å²) in [7, 11) is 5.02. The molecule has 7 nitrogen and oxygen atoms in total. The molecule has 0 amide bonds. The van der Waals surface area contributed by atoms with Crippen molar-refractivity contribution in [3.63, 3.8) is 0 Å². The van der Waals surface area contributed by atoms with Gasteiger partial charge in [0.2, 0.25) is 5.82 Å². The summed E-state index contributed by atoms with van der Waals surface area (Å²) in [5.74, 6) is 1.11. The predicted octanol–water partition coefficient (Wildman–Crippen LogP) is 2.94. The maximum absolute atomic E-state index is 11.3. The molecule has 22 heavy (non-hydrogen) atoms. The highest BCUT2D eigenvalue weighted by molar-refractivity contribution is 6.30. The Morgan fingerprint density at radius 3 is 2.77 bits per heavy atom. The summed E-state index contributed by atoms with van der Waals surface area (Å²) in [6, 6.07) is 5.29. The molecule has 118 valence electrons. The van der Waals surface area contributed by atoms with Crippen LogP contribution in [0.4, 0.5) is 11.5 Å². The van der Waals surface area contributed by atoms with Gasteiger partial charge in [0.15, 0.2) is 0 Å². The molecule has 0 radical (unpaired) electrons. The van der Waals surface area contributed by atoms with Gasteiger partial charge >= 0.3 is 5.69 Å². The number of hydrogen-bond acceptors (Lipinski definition) is 5. The lowest BCUT2D eigenvalue weighted by molar-refractivity contribution is -0.384. The molecule has 0 saturated heterocycles. The standard InChI is InChI=1S/C14H17ClN4O3/c1-9-13(19(20)21)14(18(3)16-9)17(2)8-10-7-11(15)5-6-12(10)22-4/h5-7H,8H2,1-4H3. The van der Waals surface area contributed by atoms with E-state index in [0.29, 0.717) is 28.8 Å². The summed E-state index contributed by atoms with van der Waals surface area (Å²) in [4.78, 5) is 12.6. The van der Waals surface area contributed by atoms with Crippen LogP contribution in [0.5, 0.6) is 5.75 Å². The number of rotatable bonds is 5. The van der Waals surface area contributed by atoms with Crippen LogP contribution in [0.15, 0.2) is 18.2 Å². The summed E-state index contributed by atoms with van der Waals surface area (Å²) in [5, 5.41) is 16.0. The summed E-state index contributed by atoms with van der Waals surface area (Å²) in [5.41, 5.74) is 1.23. The van der Waals surface area contributed by atoms with Crippen molar-refractivity contribution in [2.45, 2.75) is 13.5 Å². The Morgan fingerprint density at radius 2 is 2.18 bits per heavy atom. The zero-order chi connectivity index (χ0) is 16.4. The van der Waals surface area contributed by atoms with E-state index in [-0.39, 0.29) is 5.69 Å². The second-order valence-corrected chi connectivity index (χ2v) is 5.39. The fourth-order valence-corrected chi connectivity index (χ4v) is 2.67. The molecule has 1 heterocycles. The maximum Gasteiger partial charge on any atom is 0.333 e. The highest BCUT2D eigenvalue weighted by Gasteiger charge is 2.27. The molecule has 0 fully saturated rings. The van der Waals surface area contributed by atoms with Crippen LogP contribution in [-0.2, 0) is 13.6 Å². The smallest absolute Gasteiger partial charge is 0.333 e. The van der Waals surface area contributed by atoms with Gasteiger partial charge in [0.1, 0.15) is 11.4 Å². The molecule has 0 aliphatic carbocycles. The van der Waals surface area contributed by atoms with Crippen molar-refractivity contribution in [3.05, 3.63) is 44.6 Å². The normalized spacial score (nSPS) is 10.6. The van der Waals surface area contributed by atoms with Crippen LogP contribution in [0.1, 0.15) is 11.3 Å². The van der Waals surface area contributed by atoms with Crippen LogP contribution in [0.3, 0.4) is 0 Å². The van der Waals surface area contributed by atoms with E-state index in [1.807, 2.05) is 0 Å². The van der Waals surface area contributed by atoms with Gasteiger partial charge in [-0.3, -0.25) is 10.1 Å². The van der Waals surface area contributed by atoms with E-state index >= 15 is 0 Å². The Kier molecular flexibility index (Phi) is 4.56. The van der Waals surface area contributed by atoms with E-state index in [4.69, 9.17) is 16.3 Å². The average molecular weight is 325 g/mol. The lowest BCUT2D eigenvalue weighted by atomic mass is 10.2. The summed E-state index contributed by atoms with van der Waals surface area (Å²) < 4.78 is 6.81. The first-order chi connectivity index (χ1) is 10.3. The van der Waals surface area contributed by atoms with E-state index in [1.54, 1.807) is 51.2 Å². The topological polar surface area (TPSA) is 73.4 Å². The molecule has 0 saturated carbocycles. The maximum atomic E-state index is 11.3. The van der Waals surface area contributed by atoms with Crippen LogP contribution < -0.4 is 9.64 Å². The molecule has 2 rings (SSSR count). The number of ether oxygens (including phenoxy) is 1. The molecular weight excluding hydrogens is 308 g/mol. The number of halogens is 1. The SMILES string of the molecule is COc1ccc(Cl)cc1CN(C)c1c([N+](=O)[O-])c(C)nn1C. The summed E-state index contributed by atoms with van der Waals surface area (Å²) in [6.07, 6.45) is 0. The fraction of sp³-hybridized carbons (Fsp3) is 0.357. The van der Waals surface area contributed by atoms with Crippen molar-refractivity contribution in [3.8, 4) is 5.75 Å². The number of anilines is 1. The number of nitro groups is 1. The van der Waals surface area contributed by atoms with Gasteiger partial charge in [-0.1, -0.05) is 11.6 Å². The predicted molar refractivity (Wildman–Crippen MR) is 84.7 cm³/mol. The monoisotopic (exact) mass is 324 g/mol. The highest BCUT2D eigenvalue weighted by atomic mass is 35.5. The van der Waals surface area contributed by atoms with Crippen LogP contribution in [0.25, 0.3) is 0 Å². The number of aromatic nitrogens is 2. The number of benzene rings is 1. The van der Waals surface area contributed by atoms with Gasteiger partial charge in [-0.05, 0) is 25.1 Å². The molecule has 0 aliphatic heterocycles. The van der Waals surface area contributed by atoms with Gasteiger partial charge in [0.05, 0.1) is 12.0 Å². The van der Waals surface area contributed by atoms with Crippen LogP contribution in [0, 0.1) is 17.0 Å². The first-order valence-electron chi connectivity index (χ1n) is 6.56. The second-order valence-electron chi connectivity index (χ2n) is 4.95. The average Bonchev–Trinajstić information content (AvgIpc) is 2.73. The van der Waals surface area contributed by atoms with Crippen molar-refractivity contribution < 1.29 is 9.66 Å². The van der Waals surface area contributed by atoms with Crippen LogP contribution in [-0.4, -0.2) is 28.9 Å². The van der Waals surface area contributed by atoms with Gasteiger partial charge in [-0.15, -0.1) is 0 Å². The van der Waals surface area contributed by atoms with E-state index in [0.717, 1.165) is 5.56 Å². The van der Waals surface area contributed by atoms with Gasteiger partial charge in [0, 0.05) is 31.2 Å². The molecule has 2 aromatic rings. The lowest BCUT2D eigenvalue weighted by Gasteiger charge is -2.20. The first-order valence-corrected chi connectivity index (χ1v) is 6.94. The Labute approximate surface area is 133 Å². The Hall–Kier alpha value is -2.28. The highest BCUT2D eigenvalue weighted by Crippen LogP contribution is 2.32. The third kappa shape index (κ3) is 2.99. The molecule has 0 N–H and O–H groups in total. The molecule has 0 spiro atoms. The van der Waals surface area contributed by atoms with Crippen LogP contribution in [0.2, 0.25) is 5.02 Å². The number of nitrogens with zero attached hydrogens (tertiary/aromatic N) is 4. The van der Waals surface area contributed by atoms with E-state index < -0.39 is 4.92 Å². The van der Waals surface area contributed by atoms with Crippen molar-refractivity contribution in [2.24, 2.45) is 7.05 Å². The van der Waals surface area contributed by atoms with Crippen molar-refractivity contribution in [1.29, 1.82) is 0 Å². The molecular formula is C14H17ClN4O3. The molecule has 0 atom stereocenters. The Balaban J connectivity index is 2.40. The summed E-state index contributed by atoms with van der Waals surface area (Å²) in [6.45, 7) is 2.03. The van der Waals surface area contributed by atoms with Crippen LogP contribution >= 0.6 is 11.6 Å².